The number of rotatable bonds is 2. The molecule has 0 unspecified atom stereocenters. The molecule has 0 amide bonds. The Morgan fingerprint density at radius 2 is 2.14 bits per heavy atom. The predicted molar refractivity (Wildman–Crippen MR) is 50.4 cm³/mol. The van der Waals surface area contributed by atoms with Crippen LogP contribution in [0.15, 0.2) is 18.3 Å². The maximum absolute atomic E-state index is 8.57. The van der Waals surface area contributed by atoms with Gasteiger partial charge in [-0.1, -0.05) is 0 Å². The first kappa shape index (κ1) is 8.97. The summed E-state index contributed by atoms with van der Waals surface area (Å²) in [5, 5.41) is 10.5. The molecule has 1 aromatic rings. The maximum atomic E-state index is 8.57. The fourth-order valence-electron chi connectivity index (χ4n) is 1.41. The molecule has 0 aliphatic carbocycles. The van der Waals surface area contributed by atoms with Crippen molar-refractivity contribution < 1.29 is 4.84 Å². The molecule has 2 heterocycles. The first-order chi connectivity index (χ1) is 6.88. The SMILES string of the molecule is N#Cc1ccc(ON2CCCC2)nc1. The molecule has 72 valence electrons. The number of hydroxylamine groups is 2. The topological polar surface area (TPSA) is 49.1 Å². The van der Waals surface area contributed by atoms with Gasteiger partial charge in [0.15, 0.2) is 0 Å². The molecule has 0 radical (unpaired) electrons. The van der Waals surface area contributed by atoms with Crippen molar-refractivity contribution in [3.05, 3.63) is 23.9 Å². The minimum absolute atomic E-state index is 0.554. The van der Waals surface area contributed by atoms with Crippen LogP contribution in [0.1, 0.15) is 18.4 Å². The molecular formula is C10H11N3O. The Kier molecular flexibility index (Phi) is 2.61. The van der Waals surface area contributed by atoms with Gasteiger partial charge in [0.25, 0.3) is 0 Å². The van der Waals surface area contributed by atoms with Gasteiger partial charge in [0.05, 0.1) is 5.56 Å². The molecular weight excluding hydrogens is 178 g/mol. The summed E-state index contributed by atoms with van der Waals surface area (Å²) in [7, 11) is 0. The van der Waals surface area contributed by atoms with Crippen molar-refractivity contribution in [3.63, 3.8) is 0 Å². The lowest BCUT2D eigenvalue weighted by Crippen LogP contribution is -2.23. The summed E-state index contributed by atoms with van der Waals surface area (Å²) in [5.74, 6) is 0.561. The van der Waals surface area contributed by atoms with E-state index in [1.807, 2.05) is 11.1 Å². The fourth-order valence-corrected chi connectivity index (χ4v) is 1.41. The van der Waals surface area contributed by atoms with Crippen LogP contribution in [0.2, 0.25) is 0 Å². The third-order valence-electron chi connectivity index (χ3n) is 2.15. The quantitative estimate of drug-likeness (QED) is 0.704. The summed E-state index contributed by atoms with van der Waals surface area (Å²) < 4.78 is 0. The third kappa shape index (κ3) is 2.01. The lowest BCUT2D eigenvalue weighted by molar-refractivity contribution is -0.0392. The number of nitriles is 1. The van der Waals surface area contributed by atoms with Crippen LogP contribution in [0.25, 0.3) is 0 Å². The van der Waals surface area contributed by atoms with Crippen LogP contribution in [0.3, 0.4) is 0 Å². The molecule has 4 nitrogen and oxygen atoms in total. The van der Waals surface area contributed by atoms with E-state index in [2.05, 4.69) is 4.98 Å². The lowest BCUT2D eigenvalue weighted by Gasteiger charge is -2.14. The van der Waals surface area contributed by atoms with Crippen LogP contribution in [-0.4, -0.2) is 23.1 Å². The minimum Gasteiger partial charge on any atom is -0.386 e. The van der Waals surface area contributed by atoms with E-state index in [1.165, 1.54) is 19.0 Å². The molecule has 1 aliphatic rings. The maximum Gasteiger partial charge on any atom is 0.238 e. The minimum atomic E-state index is 0.554. The summed E-state index contributed by atoms with van der Waals surface area (Å²) in [6.07, 6.45) is 3.87. The Balaban J connectivity index is 1.99. The van der Waals surface area contributed by atoms with Crippen molar-refractivity contribution in [3.8, 4) is 11.9 Å². The average molecular weight is 189 g/mol. The zero-order valence-electron chi connectivity index (χ0n) is 7.81. The van der Waals surface area contributed by atoms with Crippen LogP contribution in [0.5, 0.6) is 5.88 Å². The Morgan fingerprint density at radius 3 is 2.71 bits per heavy atom. The highest BCUT2D eigenvalue weighted by atomic mass is 16.7. The summed E-state index contributed by atoms with van der Waals surface area (Å²) in [6.45, 7) is 1.92. The van der Waals surface area contributed by atoms with E-state index in [4.69, 9.17) is 10.1 Å². The monoisotopic (exact) mass is 189 g/mol. The van der Waals surface area contributed by atoms with Crippen LogP contribution in [0, 0.1) is 11.3 Å². The number of hydrogen-bond acceptors (Lipinski definition) is 4. The first-order valence-electron chi connectivity index (χ1n) is 4.67. The van der Waals surface area contributed by atoms with Gasteiger partial charge in [0, 0.05) is 25.4 Å². The second-order valence-electron chi connectivity index (χ2n) is 3.22. The molecule has 1 saturated heterocycles. The zero-order valence-corrected chi connectivity index (χ0v) is 7.81. The van der Waals surface area contributed by atoms with Gasteiger partial charge >= 0.3 is 0 Å². The third-order valence-corrected chi connectivity index (χ3v) is 2.15. The van der Waals surface area contributed by atoms with Crippen molar-refractivity contribution >= 4 is 0 Å². The molecule has 0 saturated carbocycles. The molecule has 14 heavy (non-hydrogen) atoms. The van der Waals surface area contributed by atoms with Gasteiger partial charge in [-0.05, 0) is 18.9 Å². The van der Waals surface area contributed by atoms with Crippen molar-refractivity contribution in [2.45, 2.75) is 12.8 Å². The van der Waals surface area contributed by atoms with Gasteiger partial charge in [0.2, 0.25) is 5.88 Å². The molecule has 1 aromatic heterocycles. The Bertz CT molecular complexity index is 335. The van der Waals surface area contributed by atoms with E-state index < -0.39 is 0 Å². The second-order valence-corrected chi connectivity index (χ2v) is 3.22. The summed E-state index contributed by atoms with van der Waals surface area (Å²) in [4.78, 5) is 9.51. The number of pyridine rings is 1. The molecule has 4 heteroatoms. The predicted octanol–water partition coefficient (Wildman–Crippen LogP) is 1.34. The molecule has 1 fully saturated rings. The Hall–Kier alpha value is -1.60. The fraction of sp³-hybridized carbons (Fsp3) is 0.400. The van der Waals surface area contributed by atoms with Gasteiger partial charge in [0.1, 0.15) is 6.07 Å². The molecule has 0 atom stereocenters. The van der Waals surface area contributed by atoms with Crippen molar-refractivity contribution in [1.82, 2.24) is 10.0 Å². The summed E-state index contributed by atoms with van der Waals surface area (Å²) in [6, 6.07) is 5.44. The van der Waals surface area contributed by atoms with E-state index in [0.29, 0.717) is 11.4 Å². The zero-order chi connectivity index (χ0) is 9.80. The average Bonchev–Trinajstić information content (AvgIpc) is 2.72. The second kappa shape index (κ2) is 4.07. The highest BCUT2D eigenvalue weighted by Crippen LogP contribution is 2.13. The standard InChI is InChI=1S/C10H11N3O/c11-7-9-3-4-10(12-8-9)14-13-5-1-2-6-13/h3-4,8H,1-2,5-6H2. The van der Waals surface area contributed by atoms with Crippen molar-refractivity contribution in [1.29, 1.82) is 5.26 Å². The molecule has 0 N–H and O–H groups in total. The van der Waals surface area contributed by atoms with Gasteiger partial charge in [-0.15, -0.1) is 5.06 Å². The number of aromatic nitrogens is 1. The van der Waals surface area contributed by atoms with E-state index in [0.717, 1.165) is 13.1 Å². The molecule has 0 bridgehead atoms. The first-order valence-corrected chi connectivity index (χ1v) is 4.67. The molecule has 1 aliphatic heterocycles. The van der Waals surface area contributed by atoms with Crippen molar-refractivity contribution in [2.24, 2.45) is 0 Å². The van der Waals surface area contributed by atoms with Crippen LogP contribution >= 0.6 is 0 Å². The molecule has 2 rings (SSSR count). The van der Waals surface area contributed by atoms with Gasteiger partial charge in [-0.2, -0.15) is 5.26 Å². The van der Waals surface area contributed by atoms with E-state index in [9.17, 15) is 0 Å². The number of nitrogens with zero attached hydrogens (tertiary/aromatic N) is 3. The van der Waals surface area contributed by atoms with Gasteiger partial charge < -0.3 is 4.84 Å². The smallest absolute Gasteiger partial charge is 0.238 e. The van der Waals surface area contributed by atoms with Gasteiger partial charge in [-0.25, -0.2) is 4.98 Å². The largest absolute Gasteiger partial charge is 0.386 e. The number of hydrogen-bond donors (Lipinski definition) is 0. The normalized spacial score (nSPS) is 16.5. The highest BCUT2D eigenvalue weighted by molar-refractivity contribution is 5.27. The van der Waals surface area contributed by atoms with E-state index in [1.54, 1.807) is 12.1 Å². The summed E-state index contributed by atoms with van der Waals surface area (Å²) >= 11 is 0. The highest BCUT2D eigenvalue weighted by Gasteiger charge is 2.13. The van der Waals surface area contributed by atoms with E-state index >= 15 is 0 Å². The van der Waals surface area contributed by atoms with Crippen LogP contribution < -0.4 is 4.84 Å². The van der Waals surface area contributed by atoms with E-state index in [-0.39, 0.29) is 0 Å². The summed E-state index contributed by atoms with van der Waals surface area (Å²) in [5.41, 5.74) is 0.554. The molecule has 0 spiro atoms. The molecule has 0 aromatic carbocycles. The van der Waals surface area contributed by atoms with Crippen molar-refractivity contribution in [2.75, 3.05) is 13.1 Å². The van der Waals surface area contributed by atoms with Crippen LogP contribution in [0.4, 0.5) is 0 Å². The van der Waals surface area contributed by atoms with Crippen LogP contribution in [-0.2, 0) is 0 Å². The Morgan fingerprint density at radius 1 is 1.36 bits per heavy atom. The Labute approximate surface area is 82.7 Å². The van der Waals surface area contributed by atoms with Gasteiger partial charge in [-0.3, -0.25) is 0 Å². The lowest BCUT2D eigenvalue weighted by atomic mass is 10.3.